The van der Waals surface area contributed by atoms with E-state index >= 15 is 0 Å². The van der Waals surface area contributed by atoms with Crippen LogP contribution in [0.1, 0.15) is 62.4 Å². The summed E-state index contributed by atoms with van der Waals surface area (Å²) in [5, 5.41) is 28.2. The smallest absolute Gasteiger partial charge is 0.323 e. The molecule has 0 aliphatic rings. The number of halogens is 1. The molecule has 24 heteroatoms. The van der Waals surface area contributed by atoms with Crippen molar-refractivity contribution in [2.24, 2.45) is 0 Å². The molecule has 2 amide bonds. The number of benzene rings is 3. The molecule has 9 N–H and O–H groups in total. The van der Waals surface area contributed by atoms with Crippen LogP contribution in [0.2, 0.25) is 0 Å². The van der Waals surface area contributed by atoms with E-state index < -0.39 is 55.9 Å². The number of fused-ring (bicyclic) bond motifs is 1. The summed E-state index contributed by atoms with van der Waals surface area (Å²) in [5.41, 5.74) is 7.89. The summed E-state index contributed by atoms with van der Waals surface area (Å²) >= 11 is 0. The molecule has 1 atom stereocenters. The second-order valence-corrected chi connectivity index (χ2v) is 18.0. The molecule has 6 aromatic rings. The molecule has 67 heavy (non-hydrogen) atoms. The van der Waals surface area contributed by atoms with E-state index in [0.29, 0.717) is 40.0 Å². The zero-order valence-electron chi connectivity index (χ0n) is 36.6. The molecule has 3 heterocycles. The molecular formula is C43H51FN10O11S2. The summed E-state index contributed by atoms with van der Waals surface area (Å²) in [6, 6.07) is 15.4. The van der Waals surface area contributed by atoms with Crippen molar-refractivity contribution in [1.29, 1.82) is 1.45 Å². The highest BCUT2D eigenvalue weighted by atomic mass is 32.2. The monoisotopic (exact) mass is 968 g/mol. The number of imidazole rings is 1. The van der Waals surface area contributed by atoms with Crippen LogP contribution >= 0.6 is 0 Å². The molecule has 0 saturated heterocycles. The molecule has 0 aliphatic carbocycles. The Morgan fingerprint density at radius 2 is 1.63 bits per heavy atom. The first kappa shape index (κ1) is 50.7. The molecule has 3 aromatic heterocycles. The van der Waals surface area contributed by atoms with E-state index in [1.807, 2.05) is 0 Å². The lowest BCUT2D eigenvalue weighted by Crippen LogP contribution is -2.49. The summed E-state index contributed by atoms with van der Waals surface area (Å²) in [5.74, 6) is -2.46. The van der Waals surface area contributed by atoms with Crippen LogP contribution < -0.4 is 37.0 Å². The summed E-state index contributed by atoms with van der Waals surface area (Å²) in [7, 11) is -8.78. The SMILES string of the molecule is C.Cc1cc(C)c(S(=O)(=O)NC(CNC(=O)c2cn(CCCNC(=O)c3ccc(NNCc4ccccc4S(=O)(=O)O)nc3)c3cc(CNc4nccn4O)ccc3c2=O)C(=O)O)c(C)c1.[3H]F. The maximum absolute atomic E-state index is 13.8. The molecule has 0 radical (unpaired) electrons. The summed E-state index contributed by atoms with van der Waals surface area (Å²) in [6.07, 6.45) is 5.68. The van der Waals surface area contributed by atoms with E-state index in [1.165, 1.54) is 61.2 Å². The third-order valence-electron chi connectivity index (χ3n) is 10.0. The van der Waals surface area contributed by atoms with Crippen molar-refractivity contribution in [1.82, 2.24) is 40.0 Å². The first-order valence-corrected chi connectivity index (χ1v) is 22.8. The van der Waals surface area contributed by atoms with Gasteiger partial charge in [0.05, 0.1) is 33.3 Å². The Balaban J connectivity index is 0.00000332. The Morgan fingerprint density at radius 1 is 0.910 bits per heavy atom. The summed E-state index contributed by atoms with van der Waals surface area (Å²) in [4.78, 5) is 60.6. The fraction of sp³-hybridized carbons (Fsp3) is 0.256. The molecule has 358 valence electrons. The quantitative estimate of drug-likeness (QED) is 0.0229. The van der Waals surface area contributed by atoms with Crippen molar-refractivity contribution >= 4 is 60.6 Å². The Labute approximate surface area is 386 Å². The van der Waals surface area contributed by atoms with Gasteiger partial charge < -0.3 is 36.3 Å². The number of aromatic nitrogens is 4. The number of sulfonamides is 1. The molecular weight excluding hydrogens is 916 g/mol. The van der Waals surface area contributed by atoms with Crippen molar-refractivity contribution in [2.75, 3.05) is 23.8 Å². The molecule has 0 saturated carbocycles. The molecule has 3 aromatic carbocycles. The van der Waals surface area contributed by atoms with Gasteiger partial charge in [0.2, 0.25) is 21.4 Å². The van der Waals surface area contributed by atoms with Crippen molar-refractivity contribution in [2.45, 2.75) is 70.1 Å². The number of carbonyl (C=O) groups excluding carboxylic acids is 2. The molecule has 1 unspecified atom stereocenters. The first-order chi connectivity index (χ1) is 31.8. The Bertz CT molecular complexity index is 3040. The summed E-state index contributed by atoms with van der Waals surface area (Å²) < 4.78 is 77.1. The number of aryl methyl sites for hydroxylation is 4. The highest BCUT2D eigenvalue weighted by Gasteiger charge is 2.29. The zero-order valence-corrected chi connectivity index (χ0v) is 37.2. The van der Waals surface area contributed by atoms with Gasteiger partial charge in [0.25, 0.3) is 23.4 Å². The van der Waals surface area contributed by atoms with Crippen LogP contribution in [0.5, 0.6) is 0 Å². The van der Waals surface area contributed by atoms with Gasteiger partial charge in [-0.15, -0.1) is 0 Å². The Hall–Kier alpha value is -7.25. The predicted molar refractivity (Wildman–Crippen MR) is 247 cm³/mol. The highest BCUT2D eigenvalue weighted by Crippen LogP contribution is 2.22. The maximum Gasteiger partial charge on any atom is 0.323 e. The van der Waals surface area contributed by atoms with E-state index in [4.69, 9.17) is 4.72 Å². The highest BCUT2D eigenvalue weighted by molar-refractivity contribution is 7.89. The lowest BCUT2D eigenvalue weighted by molar-refractivity contribution is -0.138. The molecule has 0 spiro atoms. The average Bonchev–Trinajstić information content (AvgIpc) is 3.70. The number of hydrogen-bond donors (Lipinski definition) is 9. The largest absolute Gasteiger partial charge is 0.480 e. The van der Waals surface area contributed by atoms with Crippen LogP contribution in [-0.4, -0.2) is 89.3 Å². The molecule has 0 fully saturated rings. The maximum atomic E-state index is 13.8. The number of aliphatic carboxylic acids is 1. The number of nitrogens with one attached hydrogen (secondary N) is 6. The van der Waals surface area contributed by atoms with Crippen LogP contribution in [0.4, 0.5) is 16.5 Å². The number of carbonyl (C=O) groups is 3. The minimum Gasteiger partial charge on any atom is -0.480 e. The fourth-order valence-electron chi connectivity index (χ4n) is 7.09. The number of hydrazine groups is 1. The minimum atomic E-state index is -4.42. The number of nitrogens with zero attached hydrogens (tertiary/aromatic N) is 4. The third-order valence-corrected chi connectivity index (χ3v) is 12.8. The number of hydrogen-bond acceptors (Lipinski definition) is 14. The van der Waals surface area contributed by atoms with E-state index in [9.17, 15) is 50.9 Å². The lowest BCUT2D eigenvalue weighted by Gasteiger charge is -2.19. The van der Waals surface area contributed by atoms with Crippen LogP contribution in [0.3, 0.4) is 0 Å². The van der Waals surface area contributed by atoms with Crippen molar-refractivity contribution in [3.8, 4) is 0 Å². The van der Waals surface area contributed by atoms with Gasteiger partial charge >= 0.3 is 5.97 Å². The van der Waals surface area contributed by atoms with Gasteiger partial charge in [0, 0.05) is 50.5 Å². The van der Waals surface area contributed by atoms with Gasteiger partial charge in [0.15, 0.2) is 0 Å². The topological polar surface area (TPSA) is 305 Å². The van der Waals surface area contributed by atoms with Gasteiger partial charge in [-0.25, -0.2) is 23.8 Å². The second-order valence-electron chi connectivity index (χ2n) is 14.9. The van der Waals surface area contributed by atoms with Crippen LogP contribution in [0.15, 0.2) is 106 Å². The third kappa shape index (κ3) is 13.0. The second kappa shape index (κ2) is 22.3. The van der Waals surface area contributed by atoms with E-state index in [2.05, 4.69) is 42.9 Å². The van der Waals surface area contributed by atoms with Crippen LogP contribution in [0, 0.1) is 20.8 Å². The predicted octanol–water partition coefficient (Wildman–Crippen LogP) is 3.50. The number of amides is 2. The fourth-order valence-corrected chi connectivity index (χ4v) is 9.45. The molecule has 21 nitrogen and oxygen atoms in total. The molecule has 6 rings (SSSR count). The standard InChI is InChI=1S/C42H46N10O11S2.CH4.FH/c1-25-17-26(2)38(27(3)18-25)64(59,60)50-33(41(56)57)23-46-40(55)32-24-51(34-19-28(9-11-31(34)37(32)53)20-47-42-44-14-16-52(42)58)15-6-13-43-39(54)30-10-12-36(45-21-30)49-48-22-29-7-4-5-8-35(29)65(61,62)63;;/h4-5,7-12,14,16-19,21,24,33,48,50,58H,6,13,15,20,22-23H2,1-3H3,(H,43,54)(H,44,47)(H,45,49)(H,46,55)(H,56,57)(H,61,62,63);1H4;1H/i/hT. The zero-order chi connectivity index (χ0) is 49.1. The van der Waals surface area contributed by atoms with E-state index in [0.717, 1.165) is 10.3 Å². The average molecular weight is 969 g/mol. The van der Waals surface area contributed by atoms with Crippen molar-refractivity contribution in [3.05, 3.63) is 141 Å². The van der Waals surface area contributed by atoms with Crippen molar-refractivity contribution < 1.29 is 50.8 Å². The van der Waals surface area contributed by atoms with Gasteiger partial charge in [-0.2, -0.15) is 17.9 Å². The van der Waals surface area contributed by atoms with E-state index in [-0.39, 0.29) is 65.9 Å². The normalized spacial score (nSPS) is 11.9. The minimum absolute atomic E-state index is 0. The number of pyridine rings is 2. The van der Waals surface area contributed by atoms with Crippen molar-refractivity contribution in [3.63, 3.8) is 0 Å². The molecule has 0 bridgehead atoms. The van der Waals surface area contributed by atoms with Gasteiger partial charge in [-0.1, -0.05) is 49.4 Å². The Morgan fingerprint density at radius 3 is 2.27 bits per heavy atom. The number of anilines is 2. The summed E-state index contributed by atoms with van der Waals surface area (Å²) in [6.45, 7) is 4.82. The van der Waals surface area contributed by atoms with Gasteiger partial charge in [-0.3, -0.25) is 28.4 Å². The Kier molecular flexibility index (Phi) is 16.9. The first-order valence-electron chi connectivity index (χ1n) is 20.2. The van der Waals surface area contributed by atoms with Crippen LogP contribution in [0.25, 0.3) is 10.9 Å². The number of carboxylic acid groups (broad SMARTS) is 1. The molecule has 0 aliphatic heterocycles. The van der Waals surface area contributed by atoms with Gasteiger partial charge in [0.1, 0.15) is 17.4 Å². The van der Waals surface area contributed by atoms with E-state index in [1.54, 1.807) is 55.7 Å². The number of carboxylic acids is 1. The number of rotatable bonds is 20. The lowest BCUT2D eigenvalue weighted by atomic mass is 10.1. The van der Waals surface area contributed by atoms with Crippen LogP contribution in [-0.2, 0) is 44.6 Å². The van der Waals surface area contributed by atoms with Gasteiger partial charge in [-0.05, 0) is 79.8 Å².